The van der Waals surface area contributed by atoms with Gasteiger partial charge in [-0.25, -0.2) is 17.6 Å². The first kappa shape index (κ1) is 14.3. The van der Waals surface area contributed by atoms with E-state index in [1.54, 1.807) is 0 Å². The maximum absolute atomic E-state index is 13.7. The molecule has 0 bridgehead atoms. The number of benzene rings is 1. The Labute approximate surface area is 109 Å². The van der Waals surface area contributed by atoms with Gasteiger partial charge in [-0.05, 0) is 31.2 Å². The lowest BCUT2D eigenvalue weighted by molar-refractivity contribution is -0.0631. The molecule has 5 heteroatoms. The molecular formula is C14H16F4O. The Morgan fingerprint density at radius 1 is 1.16 bits per heavy atom. The Balaban J connectivity index is 2.17. The molecule has 0 heterocycles. The molecule has 1 unspecified atom stereocenters. The number of aliphatic hydroxyl groups excluding tert-OH is 1. The van der Waals surface area contributed by atoms with Crippen molar-refractivity contribution in [2.45, 2.75) is 44.6 Å². The molecule has 2 rings (SSSR count). The standard InChI is InChI=1S/C14H16F4O/c1-8-2-3-10(12(16)11(8)15)13(19)9-4-6-14(17,18)7-5-9/h2-3,9,13,19H,4-7H2,1H3. The summed E-state index contributed by atoms with van der Waals surface area (Å²) in [6, 6.07) is 2.71. The smallest absolute Gasteiger partial charge is 0.248 e. The van der Waals surface area contributed by atoms with Crippen LogP contribution in [-0.2, 0) is 0 Å². The number of hydrogen-bond acceptors (Lipinski definition) is 1. The molecule has 1 N–H and O–H groups in total. The van der Waals surface area contributed by atoms with Crippen LogP contribution in [0.15, 0.2) is 12.1 Å². The summed E-state index contributed by atoms with van der Waals surface area (Å²) in [5, 5.41) is 10.1. The highest BCUT2D eigenvalue weighted by Gasteiger charge is 2.38. The number of aryl methyl sites for hydroxylation is 1. The Hall–Kier alpha value is -1.10. The summed E-state index contributed by atoms with van der Waals surface area (Å²) < 4.78 is 53.2. The van der Waals surface area contributed by atoms with Gasteiger partial charge in [0.25, 0.3) is 0 Å². The molecule has 0 radical (unpaired) electrons. The number of halogens is 4. The molecule has 1 atom stereocenters. The topological polar surface area (TPSA) is 20.2 Å². The van der Waals surface area contributed by atoms with Crippen LogP contribution in [0.5, 0.6) is 0 Å². The van der Waals surface area contributed by atoms with Crippen LogP contribution in [0.3, 0.4) is 0 Å². The third kappa shape index (κ3) is 2.91. The minimum absolute atomic E-state index is 0.114. The van der Waals surface area contributed by atoms with E-state index in [1.165, 1.54) is 19.1 Å². The molecule has 1 aliphatic rings. The van der Waals surface area contributed by atoms with Gasteiger partial charge in [-0.15, -0.1) is 0 Å². The first-order chi connectivity index (χ1) is 8.82. The maximum Gasteiger partial charge on any atom is 0.248 e. The second-order valence-corrected chi connectivity index (χ2v) is 5.24. The Kier molecular flexibility index (Phi) is 3.85. The van der Waals surface area contributed by atoms with Crippen molar-refractivity contribution in [3.05, 3.63) is 34.9 Å². The fraction of sp³-hybridized carbons (Fsp3) is 0.571. The van der Waals surface area contributed by atoms with Crippen molar-refractivity contribution in [3.63, 3.8) is 0 Å². The monoisotopic (exact) mass is 276 g/mol. The Morgan fingerprint density at radius 3 is 2.32 bits per heavy atom. The summed E-state index contributed by atoms with van der Waals surface area (Å²) in [5.74, 6) is -5.22. The van der Waals surface area contributed by atoms with Gasteiger partial charge in [0.1, 0.15) is 0 Å². The van der Waals surface area contributed by atoms with E-state index in [0.29, 0.717) is 0 Å². The zero-order valence-electron chi connectivity index (χ0n) is 10.6. The van der Waals surface area contributed by atoms with Crippen LogP contribution in [0.2, 0.25) is 0 Å². The van der Waals surface area contributed by atoms with E-state index >= 15 is 0 Å². The van der Waals surface area contributed by atoms with E-state index in [9.17, 15) is 22.7 Å². The van der Waals surface area contributed by atoms with E-state index in [-0.39, 0.29) is 36.8 Å². The number of hydrogen-bond donors (Lipinski definition) is 1. The molecule has 1 aromatic carbocycles. The summed E-state index contributed by atoms with van der Waals surface area (Å²) in [7, 11) is 0. The zero-order valence-corrected chi connectivity index (χ0v) is 10.6. The van der Waals surface area contributed by atoms with Crippen LogP contribution in [0, 0.1) is 24.5 Å². The van der Waals surface area contributed by atoms with Gasteiger partial charge >= 0.3 is 0 Å². The first-order valence-electron chi connectivity index (χ1n) is 6.32. The molecule has 0 amide bonds. The molecule has 1 saturated carbocycles. The highest BCUT2D eigenvalue weighted by Crippen LogP contribution is 2.41. The van der Waals surface area contributed by atoms with Gasteiger partial charge < -0.3 is 5.11 Å². The normalized spacial score (nSPS) is 21.4. The molecule has 106 valence electrons. The highest BCUT2D eigenvalue weighted by molar-refractivity contribution is 5.27. The fourth-order valence-electron chi connectivity index (χ4n) is 2.52. The van der Waals surface area contributed by atoms with E-state index < -0.39 is 29.6 Å². The van der Waals surface area contributed by atoms with Crippen molar-refractivity contribution in [3.8, 4) is 0 Å². The van der Waals surface area contributed by atoms with Crippen LogP contribution < -0.4 is 0 Å². The molecule has 0 saturated heterocycles. The third-order valence-electron chi connectivity index (χ3n) is 3.83. The molecule has 1 aromatic rings. The Bertz CT molecular complexity index is 463. The summed E-state index contributed by atoms with van der Waals surface area (Å²) in [6.45, 7) is 1.43. The SMILES string of the molecule is Cc1ccc(C(O)C2CCC(F)(F)CC2)c(F)c1F. The number of alkyl halides is 2. The van der Waals surface area contributed by atoms with Gasteiger partial charge in [-0.1, -0.05) is 12.1 Å². The molecule has 0 aromatic heterocycles. The lowest BCUT2D eigenvalue weighted by Crippen LogP contribution is -2.28. The second kappa shape index (κ2) is 5.12. The van der Waals surface area contributed by atoms with Crippen molar-refractivity contribution in [2.24, 2.45) is 5.92 Å². The van der Waals surface area contributed by atoms with Crippen LogP contribution in [0.4, 0.5) is 17.6 Å². The van der Waals surface area contributed by atoms with Gasteiger partial charge in [0, 0.05) is 18.4 Å². The lowest BCUT2D eigenvalue weighted by Gasteiger charge is -2.31. The summed E-state index contributed by atoms with van der Waals surface area (Å²) in [4.78, 5) is 0. The van der Waals surface area contributed by atoms with E-state index in [2.05, 4.69) is 0 Å². The van der Waals surface area contributed by atoms with E-state index in [4.69, 9.17) is 0 Å². The van der Waals surface area contributed by atoms with Gasteiger partial charge in [-0.3, -0.25) is 0 Å². The minimum Gasteiger partial charge on any atom is -0.388 e. The summed E-state index contributed by atoms with van der Waals surface area (Å²) >= 11 is 0. The minimum atomic E-state index is -2.70. The third-order valence-corrected chi connectivity index (χ3v) is 3.83. The van der Waals surface area contributed by atoms with E-state index in [0.717, 1.165) is 0 Å². The van der Waals surface area contributed by atoms with Crippen LogP contribution in [-0.4, -0.2) is 11.0 Å². The maximum atomic E-state index is 13.7. The van der Waals surface area contributed by atoms with Crippen LogP contribution in [0.25, 0.3) is 0 Å². The molecule has 1 aliphatic carbocycles. The predicted molar refractivity (Wildman–Crippen MR) is 63.0 cm³/mol. The fourth-order valence-corrected chi connectivity index (χ4v) is 2.52. The predicted octanol–water partition coefficient (Wildman–Crippen LogP) is 4.13. The molecule has 0 aliphatic heterocycles. The second-order valence-electron chi connectivity index (χ2n) is 5.24. The lowest BCUT2D eigenvalue weighted by atomic mass is 9.81. The number of rotatable bonds is 2. The van der Waals surface area contributed by atoms with Crippen molar-refractivity contribution >= 4 is 0 Å². The van der Waals surface area contributed by atoms with Crippen molar-refractivity contribution in [1.82, 2.24) is 0 Å². The van der Waals surface area contributed by atoms with Gasteiger partial charge in [0.15, 0.2) is 11.6 Å². The quantitative estimate of drug-likeness (QED) is 0.805. The van der Waals surface area contributed by atoms with Gasteiger partial charge in [0.2, 0.25) is 5.92 Å². The molecular weight excluding hydrogens is 260 g/mol. The van der Waals surface area contributed by atoms with Crippen LogP contribution in [0.1, 0.15) is 42.9 Å². The average Bonchev–Trinajstić information content (AvgIpc) is 2.35. The van der Waals surface area contributed by atoms with Crippen molar-refractivity contribution < 1.29 is 22.7 Å². The molecule has 0 spiro atoms. The highest BCUT2D eigenvalue weighted by atomic mass is 19.3. The summed E-state index contributed by atoms with van der Waals surface area (Å²) in [5.41, 5.74) is 0.0157. The first-order valence-corrected chi connectivity index (χ1v) is 6.32. The molecule has 19 heavy (non-hydrogen) atoms. The van der Waals surface area contributed by atoms with Crippen molar-refractivity contribution in [1.29, 1.82) is 0 Å². The summed E-state index contributed by atoms with van der Waals surface area (Å²) in [6.07, 6.45) is -1.63. The molecule has 1 fully saturated rings. The van der Waals surface area contributed by atoms with E-state index in [1.807, 2.05) is 0 Å². The van der Waals surface area contributed by atoms with Gasteiger partial charge in [-0.2, -0.15) is 0 Å². The van der Waals surface area contributed by atoms with Gasteiger partial charge in [0.05, 0.1) is 6.10 Å². The largest absolute Gasteiger partial charge is 0.388 e. The average molecular weight is 276 g/mol. The molecule has 1 nitrogen and oxygen atoms in total. The Morgan fingerprint density at radius 2 is 1.74 bits per heavy atom. The zero-order chi connectivity index (χ0) is 14.2. The number of aliphatic hydroxyl groups is 1. The van der Waals surface area contributed by atoms with Crippen molar-refractivity contribution in [2.75, 3.05) is 0 Å². The van der Waals surface area contributed by atoms with Crippen LogP contribution >= 0.6 is 0 Å².